The second-order valence-corrected chi connectivity index (χ2v) is 5.37. The maximum absolute atomic E-state index is 12.3. The summed E-state index contributed by atoms with van der Waals surface area (Å²) in [6.07, 6.45) is -3.99. The zero-order chi connectivity index (χ0) is 16.5. The van der Waals surface area contributed by atoms with Gasteiger partial charge in [0, 0.05) is 0 Å². The lowest BCUT2D eigenvalue weighted by molar-refractivity contribution is -0.0775. The fraction of sp³-hybridized carbons (Fsp3) is 0.583. The molecule has 0 radical (unpaired) electrons. The van der Waals surface area contributed by atoms with Gasteiger partial charge in [-0.3, -0.25) is 4.57 Å². The van der Waals surface area contributed by atoms with Crippen LogP contribution in [0.25, 0.3) is 0 Å². The van der Waals surface area contributed by atoms with E-state index in [4.69, 9.17) is 22.1 Å². The first-order chi connectivity index (χ1) is 10.3. The smallest absolute Gasteiger partial charge is 0.354 e. The standard InChI is InChI=1S/C12H14ClFN4O4/c1-6(19)7-8(20)12(13,3-2-4-14)9(22-7)18-5-16-10(15)17-11(18)21/h5-9,19-20H,4H2,1H3,(H2,15,17,21)/t6-,7-,8?,9-,12-/m1/s1. The zero-order valence-corrected chi connectivity index (χ0v) is 12.2. The normalized spacial score (nSPS) is 32.3. The molecule has 0 spiro atoms. The van der Waals surface area contributed by atoms with Crippen molar-refractivity contribution in [3.05, 3.63) is 16.8 Å². The Labute approximate surface area is 129 Å². The largest absolute Gasteiger partial charge is 0.391 e. The molecule has 0 bridgehead atoms. The van der Waals surface area contributed by atoms with Gasteiger partial charge in [0.25, 0.3) is 0 Å². The van der Waals surface area contributed by atoms with E-state index in [-0.39, 0.29) is 5.95 Å². The van der Waals surface area contributed by atoms with Crippen LogP contribution in [-0.4, -0.2) is 54.6 Å². The van der Waals surface area contributed by atoms with Gasteiger partial charge in [-0.1, -0.05) is 23.4 Å². The van der Waals surface area contributed by atoms with Crippen LogP contribution in [-0.2, 0) is 4.74 Å². The van der Waals surface area contributed by atoms with E-state index in [1.54, 1.807) is 0 Å². The van der Waals surface area contributed by atoms with Crippen molar-refractivity contribution < 1.29 is 19.3 Å². The molecule has 1 unspecified atom stereocenters. The van der Waals surface area contributed by atoms with Crippen LogP contribution in [0.15, 0.2) is 11.1 Å². The number of hydrogen-bond acceptors (Lipinski definition) is 7. The number of aliphatic hydroxyl groups excluding tert-OH is 2. The lowest BCUT2D eigenvalue weighted by atomic mass is 9.97. The summed E-state index contributed by atoms with van der Waals surface area (Å²) in [4.78, 5) is 17.1. The summed E-state index contributed by atoms with van der Waals surface area (Å²) in [6.45, 7) is 0.374. The van der Waals surface area contributed by atoms with Crippen LogP contribution in [0.5, 0.6) is 0 Å². The molecule has 22 heavy (non-hydrogen) atoms. The SMILES string of the molecule is C[C@@H](O)[C@H]1O[C@@H](n2cnc(N)nc2=O)[C@@](Cl)(C#CCF)C1O. The number of ether oxygens (including phenoxy) is 1. The van der Waals surface area contributed by atoms with E-state index < -0.39 is 41.8 Å². The molecule has 8 nitrogen and oxygen atoms in total. The molecular formula is C12H14ClFN4O4. The molecule has 2 rings (SSSR count). The number of aromatic nitrogens is 3. The Morgan fingerprint density at radius 2 is 2.41 bits per heavy atom. The van der Waals surface area contributed by atoms with Gasteiger partial charge >= 0.3 is 5.69 Å². The molecule has 2 heterocycles. The number of aliphatic hydroxyl groups is 2. The van der Waals surface area contributed by atoms with Crippen molar-refractivity contribution in [1.82, 2.24) is 14.5 Å². The van der Waals surface area contributed by atoms with Gasteiger partial charge in [0.2, 0.25) is 5.95 Å². The molecule has 1 saturated heterocycles. The minimum atomic E-state index is -1.85. The molecule has 0 aliphatic carbocycles. The van der Waals surface area contributed by atoms with Gasteiger partial charge in [-0.25, -0.2) is 14.2 Å². The van der Waals surface area contributed by atoms with Crippen molar-refractivity contribution in [3.8, 4) is 11.8 Å². The first kappa shape index (κ1) is 16.6. The van der Waals surface area contributed by atoms with Crippen LogP contribution in [0.4, 0.5) is 10.3 Å². The molecule has 1 fully saturated rings. The van der Waals surface area contributed by atoms with Crippen molar-refractivity contribution >= 4 is 17.5 Å². The van der Waals surface area contributed by atoms with E-state index in [9.17, 15) is 19.4 Å². The van der Waals surface area contributed by atoms with Gasteiger partial charge < -0.3 is 20.7 Å². The molecule has 4 N–H and O–H groups in total. The molecule has 120 valence electrons. The van der Waals surface area contributed by atoms with Gasteiger partial charge in [0.05, 0.1) is 6.10 Å². The summed E-state index contributed by atoms with van der Waals surface area (Å²) >= 11 is 6.28. The van der Waals surface area contributed by atoms with E-state index in [0.29, 0.717) is 0 Å². The van der Waals surface area contributed by atoms with Crippen LogP contribution < -0.4 is 11.4 Å². The third kappa shape index (κ3) is 2.78. The highest BCUT2D eigenvalue weighted by molar-refractivity contribution is 6.27. The summed E-state index contributed by atoms with van der Waals surface area (Å²) in [5.41, 5.74) is 4.47. The summed E-state index contributed by atoms with van der Waals surface area (Å²) in [7, 11) is 0. The van der Waals surface area contributed by atoms with Crippen LogP contribution in [0.1, 0.15) is 13.2 Å². The van der Waals surface area contributed by atoms with Gasteiger partial charge in [-0.15, -0.1) is 0 Å². The van der Waals surface area contributed by atoms with Crippen molar-refractivity contribution in [2.45, 2.75) is 36.3 Å². The molecule has 0 amide bonds. The maximum Gasteiger partial charge on any atom is 0.354 e. The van der Waals surface area contributed by atoms with E-state index >= 15 is 0 Å². The number of nitrogen functional groups attached to an aromatic ring is 1. The zero-order valence-electron chi connectivity index (χ0n) is 11.5. The second-order valence-electron chi connectivity index (χ2n) is 4.75. The van der Waals surface area contributed by atoms with Crippen LogP contribution in [0, 0.1) is 11.8 Å². The van der Waals surface area contributed by atoms with Crippen LogP contribution in [0.3, 0.4) is 0 Å². The Kier molecular flexibility index (Phi) is 4.67. The van der Waals surface area contributed by atoms with Crippen molar-refractivity contribution in [2.75, 3.05) is 12.4 Å². The number of anilines is 1. The van der Waals surface area contributed by atoms with Gasteiger partial charge in [-0.05, 0) is 6.92 Å². The minimum Gasteiger partial charge on any atom is -0.391 e. The van der Waals surface area contributed by atoms with Crippen LogP contribution >= 0.6 is 11.6 Å². The summed E-state index contributed by atoms with van der Waals surface area (Å²) < 4.78 is 18.7. The van der Waals surface area contributed by atoms with Gasteiger partial charge in [-0.2, -0.15) is 4.98 Å². The van der Waals surface area contributed by atoms with E-state index in [0.717, 1.165) is 10.9 Å². The Balaban J connectivity index is 2.53. The number of alkyl halides is 2. The average Bonchev–Trinajstić information content (AvgIpc) is 2.70. The molecule has 1 aliphatic rings. The van der Waals surface area contributed by atoms with E-state index in [2.05, 4.69) is 21.8 Å². The van der Waals surface area contributed by atoms with Crippen molar-refractivity contribution in [3.63, 3.8) is 0 Å². The molecule has 0 saturated carbocycles. The summed E-state index contributed by atoms with van der Waals surface area (Å²) in [6, 6.07) is 0. The Morgan fingerprint density at radius 3 is 2.95 bits per heavy atom. The summed E-state index contributed by atoms with van der Waals surface area (Å²) in [5.74, 6) is 4.19. The summed E-state index contributed by atoms with van der Waals surface area (Å²) in [5, 5.41) is 19.9. The topological polar surface area (TPSA) is 123 Å². The highest BCUT2D eigenvalue weighted by Crippen LogP contribution is 2.43. The molecular weight excluding hydrogens is 319 g/mol. The monoisotopic (exact) mass is 332 g/mol. The number of halogens is 2. The van der Waals surface area contributed by atoms with Crippen molar-refractivity contribution in [2.24, 2.45) is 0 Å². The molecule has 0 aromatic carbocycles. The maximum atomic E-state index is 12.3. The van der Waals surface area contributed by atoms with Gasteiger partial charge in [0.1, 0.15) is 25.2 Å². The van der Waals surface area contributed by atoms with Gasteiger partial charge in [0.15, 0.2) is 11.1 Å². The number of nitrogens with zero attached hydrogens (tertiary/aromatic N) is 3. The predicted molar refractivity (Wildman–Crippen MR) is 74.6 cm³/mol. The number of hydrogen-bond donors (Lipinski definition) is 3. The number of nitrogens with two attached hydrogens (primary N) is 1. The van der Waals surface area contributed by atoms with E-state index in [1.165, 1.54) is 6.92 Å². The molecule has 1 aliphatic heterocycles. The quantitative estimate of drug-likeness (QED) is 0.459. The Bertz CT molecular complexity index is 673. The van der Waals surface area contributed by atoms with E-state index in [1.807, 2.05) is 0 Å². The Hall–Kier alpha value is -1.73. The molecule has 1 aromatic rings. The Morgan fingerprint density at radius 1 is 1.73 bits per heavy atom. The first-order valence-corrected chi connectivity index (χ1v) is 6.66. The second kappa shape index (κ2) is 6.18. The van der Waals surface area contributed by atoms with Crippen molar-refractivity contribution in [1.29, 1.82) is 0 Å². The number of rotatable bonds is 2. The highest BCUT2D eigenvalue weighted by atomic mass is 35.5. The third-order valence-corrected chi connectivity index (χ3v) is 3.71. The minimum absolute atomic E-state index is 0.248. The fourth-order valence-corrected chi connectivity index (χ4v) is 2.52. The lowest BCUT2D eigenvalue weighted by Gasteiger charge is -2.25. The predicted octanol–water partition coefficient (Wildman–Crippen LogP) is -1.19. The lowest BCUT2D eigenvalue weighted by Crippen LogP contribution is -2.44. The molecule has 10 heteroatoms. The average molecular weight is 333 g/mol. The third-order valence-electron chi connectivity index (χ3n) is 3.21. The molecule has 5 atom stereocenters. The van der Waals surface area contributed by atoms with Crippen LogP contribution in [0.2, 0.25) is 0 Å². The molecule has 1 aromatic heterocycles. The first-order valence-electron chi connectivity index (χ1n) is 6.28. The highest BCUT2D eigenvalue weighted by Gasteiger charge is 2.57. The fourth-order valence-electron chi connectivity index (χ4n) is 2.17.